The fourth-order valence-corrected chi connectivity index (χ4v) is 4.80. The third-order valence-corrected chi connectivity index (χ3v) is 6.75. The molecule has 1 atom stereocenters. The molecule has 30 heavy (non-hydrogen) atoms. The van der Waals surface area contributed by atoms with Crippen molar-refractivity contribution in [1.29, 1.82) is 0 Å². The highest BCUT2D eigenvalue weighted by atomic mass is 32.2. The van der Waals surface area contributed by atoms with E-state index in [1.165, 1.54) is 11.3 Å². The van der Waals surface area contributed by atoms with E-state index in [0.717, 1.165) is 34.4 Å². The molecule has 4 rings (SSSR count). The summed E-state index contributed by atoms with van der Waals surface area (Å²) in [6.45, 7) is 5.09. The summed E-state index contributed by atoms with van der Waals surface area (Å²) in [5, 5.41) is 10.9. The number of aliphatic imine (C=N–C) groups is 1. The minimum absolute atomic E-state index is 0.0631. The summed E-state index contributed by atoms with van der Waals surface area (Å²) >= 11 is 3.04. The Morgan fingerprint density at radius 1 is 1.17 bits per heavy atom. The van der Waals surface area contributed by atoms with Crippen molar-refractivity contribution in [3.8, 4) is 11.1 Å². The number of hydrogen-bond donors (Lipinski definition) is 0. The van der Waals surface area contributed by atoms with Gasteiger partial charge in [0.1, 0.15) is 10.8 Å². The zero-order valence-corrected chi connectivity index (χ0v) is 18.5. The summed E-state index contributed by atoms with van der Waals surface area (Å²) in [6.07, 6.45) is 2.01. The highest BCUT2D eigenvalue weighted by Gasteiger charge is 2.19. The Kier molecular flexibility index (Phi) is 6.76. The lowest BCUT2D eigenvalue weighted by molar-refractivity contribution is 0.0694. The Morgan fingerprint density at radius 3 is 2.63 bits per heavy atom. The minimum Gasteiger partial charge on any atom is -0.378 e. The van der Waals surface area contributed by atoms with Gasteiger partial charge >= 0.3 is 0 Å². The van der Waals surface area contributed by atoms with Gasteiger partial charge in [-0.25, -0.2) is 4.39 Å². The molecule has 1 aliphatic rings. The van der Waals surface area contributed by atoms with Crippen LogP contribution < -0.4 is 0 Å². The standard InChI is InChI=1S/C22H23FN4OS2/c1-15(17-8-9-18(19(23)14-17)16-6-4-3-5-7-16)20-25-26-21(30-20)24-22(29-2)27-10-12-28-13-11-27/h3-9,14-15H,10-13H2,1-2H3. The van der Waals surface area contributed by atoms with Crippen molar-refractivity contribution in [2.45, 2.75) is 12.8 Å². The number of morpholine rings is 1. The van der Waals surface area contributed by atoms with Gasteiger partial charge < -0.3 is 9.64 Å². The number of benzene rings is 2. The maximum absolute atomic E-state index is 14.8. The topological polar surface area (TPSA) is 50.6 Å². The molecule has 1 fully saturated rings. The molecule has 2 heterocycles. The van der Waals surface area contributed by atoms with Gasteiger partial charge in [-0.1, -0.05) is 72.5 Å². The van der Waals surface area contributed by atoms with Crippen molar-refractivity contribution < 1.29 is 9.13 Å². The third-order valence-electron chi connectivity index (χ3n) is 5.03. The molecule has 1 unspecified atom stereocenters. The summed E-state index contributed by atoms with van der Waals surface area (Å²) in [7, 11) is 0. The average Bonchev–Trinajstić information content (AvgIpc) is 3.26. The fraction of sp³-hybridized carbons (Fsp3) is 0.318. The van der Waals surface area contributed by atoms with E-state index in [2.05, 4.69) is 20.1 Å². The monoisotopic (exact) mass is 442 g/mol. The number of thioether (sulfide) groups is 1. The van der Waals surface area contributed by atoms with Crippen LogP contribution in [0.25, 0.3) is 11.1 Å². The zero-order valence-electron chi connectivity index (χ0n) is 16.9. The van der Waals surface area contributed by atoms with Crippen LogP contribution >= 0.6 is 23.1 Å². The highest BCUT2D eigenvalue weighted by molar-refractivity contribution is 8.13. The number of halogens is 1. The molecule has 1 aliphatic heterocycles. The van der Waals surface area contributed by atoms with Gasteiger partial charge in [-0.3, -0.25) is 0 Å². The van der Waals surface area contributed by atoms with Crippen LogP contribution in [-0.2, 0) is 4.74 Å². The molecule has 3 aromatic rings. The molecular formula is C22H23FN4OS2. The van der Waals surface area contributed by atoms with Crippen LogP contribution in [0.3, 0.4) is 0 Å². The quantitative estimate of drug-likeness (QED) is 0.412. The van der Waals surface area contributed by atoms with Crippen LogP contribution in [0.1, 0.15) is 23.4 Å². The van der Waals surface area contributed by atoms with Gasteiger partial charge in [0.15, 0.2) is 5.17 Å². The van der Waals surface area contributed by atoms with Crippen LogP contribution in [0, 0.1) is 5.82 Å². The smallest absolute Gasteiger partial charge is 0.234 e. The van der Waals surface area contributed by atoms with E-state index in [-0.39, 0.29) is 11.7 Å². The van der Waals surface area contributed by atoms with E-state index in [4.69, 9.17) is 4.74 Å². The predicted octanol–water partition coefficient (Wildman–Crippen LogP) is 5.18. The Balaban J connectivity index is 1.53. The van der Waals surface area contributed by atoms with E-state index < -0.39 is 0 Å². The first-order chi connectivity index (χ1) is 14.7. The number of nitrogens with zero attached hydrogens (tertiary/aromatic N) is 4. The van der Waals surface area contributed by atoms with Crippen LogP contribution in [-0.4, -0.2) is 52.8 Å². The Labute approximate surface area is 184 Å². The lowest BCUT2D eigenvalue weighted by Gasteiger charge is -2.28. The lowest BCUT2D eigenvalue weighted by atomic mass is 9.97. The summed E-state index contributed by atoms with van der Waals surface area (Å²) < 4.78 is 20.2. The van der Waals surface area contributed by atoms with E-state index in [0.29, 0.717) is 23.9 Å². The van der Waals surface area contributed by atoms with Crippen LogP contribution in [0.4, 0.5) is 9.52 Å². The Hall–Kier alpha value is -2.29. The molecule has 0 amide bonds. The molecule has 5 nitrogen and oxygen atoms in total. The molecule has 1 aromatic heterocycles. The number of amidine groups is 1. The molecule has 2 aromatic carbocycles. The van der Waals surface area contributed by atoms with Crippen molar-refractivity contribution in [2.24, 2.45) is 4.99 Å². The largest absolute Gasteiger partial charge is 0.378 e. The fourth-order valence-electron chi connectivity index (χ4n) is 3.32. The van der Waals surface area contributed by atoms with Crippen LogP contribution in [0.2, 0.25) is 0 Å². The Bertz CT molecular complexity index is 1020. The van der Waals surface area contributed by atoms with Gasteiger partial charge in [0.05, 0.1) is 13.2 Å². The molecular weight excluding hydrogens is 419 g/mol. The SMILES string of the molecule is CSC(=Nc1nnc(C(C)c2ccc(-c3ccccc3)c(F)c2)s1)N1CCOCC1. The molecule has 0 saturated carbocycles. The summed E-state index contributed by atoms with van der Waals surface area (Å²) in [4.78, 5) is 6.89. The molecule has 8 heteroatoms. The average molecular weight is 443 g/mol. The van der Waals surface area contributed by atoms with Crippen molar-refractivity contribution >= 4 is 33.4 Å². The second kappa shape index (κ2) is 9.68. The van der Waals surface area contributed by atoms with Crippen LogP contribution in [0.5, 0.6) is 0 Å². The molecule has 156 valence electrons. The van der Waals surface area contributed by atoms with Gasteiger partial charge in [0.25, 0.3) is 0 Å². The van der Waals surface area contributed by atoms with Gasteiger partial charge in [-0.05, 0) is 23.4 Å². The minimum atomic E-state index is -0.231. The maximum atomic E-state index is 14.8. The van der Waals surface area contributed by atoms with Crippen molar-refractivity contribution in [1.82, 2.24) is 15.1 Å². The lowest BCUT2D eigenvalue weighted by Crippen LogP contribution is -2.39. The third kappa shape index (κ3) is 4.71. The predicted molar refractivity (Wildman–Crippen MR) is 122 cm³/mol. The van der Waals surface area contributed by atoms with Gasteiger partial charge in [-0.2, -0.15) is 4.99 Å². The number of hydrogen-bond acceptors (Lipinski definition) is 6. The molecule has 1 saturated heterocycles. The first kappa shape index (κ1) is 21.0. The summed E-state index contributed by atoms with van der Waals surface area (Å²) in [5.41, 5.74) is 2.34. The maximum Gasteiger partial charge on any atom is 0.234 e. The number of rotatable bonds is 4. The molecule has 0 spiro atoms. The van der Waals surface area contributed by atoms with Crippen LogP contribution in [0.15, 0.2) is 53.5 Å². The van der Waals surface area contributed by atoms with Crippen molar-refractivity contribution in [2.75, 3.05) is 32.6 Å². The van der Waals surface area contributed by atoms with Gasteiger partial charge in [0, 0.05) is 24.6 Å². The second-order valence-corrected chi connectivity index (χ2v) is 8.71. The van der Waals surface area contributed by atoms with Gasteiger partial charge in [0.2, 0.25) is 5.13 Å². The first-order valence-electron chi connectivity index (χ1n) is 9.79. The first-order valence-corrected chi connectivity index (χ1v) is 11.8. The van der Waals surface area contributed by atoms with Crippen molar-refractivity contribution in [3.63, 3.8) is 0 Å². The Morgan fingerprint density at radius 2 is 1.93 bits per heavy atom. The molecule has 0 bridgehead atoms. The normalized spacial score (nSPS) is 16.0. The number of aromatic nitrogens is 2. The van der Waals surface area contributed by atoms with E-state index in [1.54, 1.807) is 17.8 Å². The molecule has 0 N–H and O–H groups in total. The van der Waals surface area contributed by atoms with Gasteiger partial charge in [-0.15, -0.1) is 10.2 Å². The van der Waals surface area contributed by atoms with Crippen molar-refractivity contribution in [3.05, 3.63) is 64.9 Å². The number of ether oxygens (including phenoxy) is 1. The second-order valence-electron chi connectivity index (χ2n) is 6.95. The van der Waals surface area contributed by atoms with E-state index in [9.17, 15) is 4.39 Å². The summed E-state index contributed by atoms with van der Waals surface area (Å²) in [5.74, 6) is -0.294. The zero-order chi connectivity index (χ0) is 20.9. The molecule has 0 radical (unpaired) electrons. The summed E-state index contributed by atoms with van der Waals surface area (Å²) in [6, 6.07) is 15.0. The molecule has 0 aliphatic carbocycles. The van der Waals surface area contributed by atoms with E-state index >= 15 is 0 Å². The highest BCUT2D eigenvalue weighted by Crippen LogP contribution is 2.33. The van der Waals surface area contributed by atoms with E-state index in [1.807, 2.05) is 55.6 Å².